The normalized spacial score (nSPS) is 10.3. The van der Waals surface area contributed by atoms with E-state index in [1.54, 1.807) is 12.1 Å². The fourth-order valence-corrected chi connectivity index (χ4v) is 2.29. The van der Waals surface area contributed by atoms with Crippen LogP contribution in [0.4, 0.5) is 4.39 Å². The van der Waals surface area contributed by atoms with Crippen LogP contribution < -0.4 is 0 Å². The first-order valence-corrected chi connectivity index (χ1v) is 6.33. The molecule has 0 saturated heterocycles. The molecule has 0 fully saturated rings. The summed E-state index contributed by atoms with van der Waals surface area (Å²) in [5.41, 5.74) is 1.36. The lowest BCUT2D eigenvalue weighted by Gasteiger charge is -2.10. The average molecular weight is 316 g/mol. The Morgan fingerprint density at radius 2 is 1.89 bits per heavy atom. The van der Waals surface area contributed by atoms with Gasteiger partial charge in [0.15, 0.2) is 0 Å². The predicted octanol–water partition coefficient (Wildman–Crippen LogP) is 4.91. The van der Waals surface area contributed by atoms with Crippen molar-refractivity contribution in [1.29, 1.82) is 5.26 Å². The fourth-order valence-electron chi connectivity index (χ4n) is 1.65. The van der Waals surface area contributed by atoms with E-state index < -0.39 is 5.82 Å². The molecule has 0 N–H and O–H groups in total. The van der Waals surface area contributed by atoms with Crippen LogP contribution in [0.5, 0.6) is 0 Å². The molecule has 0 amide bonds. The summed E-state index contributed by atoms with van der Waals surface area (Å²) in [6.07, 6.45) is 1.10. The molecule has 19 heavy (non-hydrogen) atoms. The zero-order chi connectivity index (χ0) is 14.0. The number of aromatic nitrogens is 1. The van der Waals surface area contributed by atoms with Gasteiger partial charge in [0.1, 0.15) is 5.82 Å². The van der Waals surface area contributed by atoms with Crippen LogP contribution in [0.15, 0.2) is 24.4 Å². The van der Waals surface area contributed by atoms with E-state index in [1.165, 1.54) is 6.07 Å². The highest BCUT2D eigenvalue weighted by molar-refractivity contribution is 6.49. The number of nitriles is 1. The maximum absolute atomic E-state index is 13.3. The van der Waals surface area contributed by atoms with Crippen molar-refractivity contribution < 1.29 is 4.39 Å². The largest absolute Gasteiger partial charge is 0.257 e. The molecule has 2 rings (SSSR count). The molecule has 0 aliphatic heterocycles. The maximum Gasteiger partial charge on any atom is 0.142 e. The fraction of sp³-hybridized carbons (Fsp3) is 0.0769. The molecule has 2 nitrogen and oxygen atoms in total. The molecule has 0 saturated carbocycles. The zero-order valence-electron chi connectivity index (χ0n) is 9.42. The van der Waals surface area contributed by atoms with E-state index in [0.29, 0.717) is 21.8 Å². The van der Waals surface area contributed by atoms with Crippen LogP contribution in [-0.2, 0) is 6.42 Å². The van der Waals surface area contributed by atoms with Gasteiger partial charge < -0.3 is 0 Å². The average Bonchev–Trinajstić information content (AvgIpc) is 2.39. The van der Waals surface area contributed by atoms with Crippen molar-refractivity contribution in [3.63, 3.8) is 0 Å². The molecule has 1 aromatic carbocycles. The first kappa shape index (κ1) is 14.1. The Kier molecular flexibility index (Phi) is 4.26. The number of rotatable bonds is 2. The number of nitrogens with zero attached hydrogens (tertiary/aromatic N) is 2. The van der Waals surface area contributed by atoms with Crippen LogP contribution in [0.25, 0.3) is 11.1 Å². The van der Waals surface area contributed by atoms with Crippen molar-refractivity contribution in [2.24, 2.45) is 0 Å². The predicted molar refractivity (Wildman–Crippen MR) is 74.0 cm³/mol. The summed E-state index contributed by atoms with van der Waals surface area (Å²) in [6.45, 7) is 0. The second-order valence-electron chi connectivity index (χ2n) is 3.71. The Morgan fingerprint density at radius 3 is 2.58 bits per heavy atom. The van der Waals surface area contributed by atoms with Gasteiger partial charge in [-0.25, -0.2) is 4.39 Å². The summed E-state index contributed by atoms with van der Waals surface area (Å²) in [7, 11) is 0. The molecule has 0 bridgehead atoms. The first-order chi connectivity index (χ1) is 9.04. The molecule has 96 valence electrons. The van der Waals surface area contributed by atoms with E-state index in [-0.39, 0.29) is 16.5 Å². The minimum atomic E-state index is -0.515. The summed E-state index contributed by atoms with van der Waals surface area (Å²) in [5, 5.41) is 9.47. The quantitative estimate of drug-likeness (QED) is 0.738. The second-order valence-corrected chi connectivity index (χ2v) is 4.87. The van der Waals surface area contributed by atoms with Crippen molar-refractivity contribution >= 4 is 34.8 Å². The smallest absolute Gasteiger partial charge is 0.142 e. The lowest BCUT2D eigenvalue weighted by molar-refractivity contribution is 0.620. The summed E-state index contributed by atoms with van der Waals surface area (Å²) in [4.78, 5) is 3.91. The van der Waals surface area contributed by atoms with Crippen LogP contribution >= 0.6 is 34.8 Å². The van der Waals surface area contributed by atoms with Crippen LogP contribution in [0.2, 0.25) is 15.1 Å². The van der Waals surface area contributed by atoms with E-state index in [2.05, 4.69) is 4.98 Å². The van der Waals surface area contributed by atoms with Gasteiger partial charge >= 0.3 is 0 Å². The monoisotopic (exact) mass is 314 g/mol. The Bertz CT molecular complexity index is 680. The van der Waals surface area contributed by atoms with Crippen LogP contribution in [0.3, 0.4) is 0 Å². The van der Waals surface area contributed by atoms with E-state index >= 15 is 0 Å². The Balaban J connectivity index is 2.68. The topological polar surface area (TPSA) is 36.7 Å². The van der Waals surface area contributed by atoms with E-state index in [0.717, 1.165) is 6.20 Å². The highest BCUT2D eigenvalue weighted by Gasteiger charge is 2.15. The highest BCUT2D eigenvalue weighted by atomic mass is 35.5. The maximum atomic E-state index is 13.3. The number of pyridine rings is 1. The van der Waals surface area contributed by atoms with Gasteiger partial charge in [-0.1, -0.05) is 40.9 Å². The van der Waals surface area contributed by atoms with Crippen LogP contribution in [-0.4, -0.2) is 4.98 Å². The second kappa shape index (κ2) is 5.75. The highest BCUT2D eigenvalue weighted by Crippen LogP contribution is 2.39. The van der Waals surface area contributed by atoms with Gasteiger partial charge in [-0.3, -0.25) is 4.98 Å². The summed E-state index contributed by atoms with van der Waals surface area (Å²) in [5.74, 6) is -0.515. The van der Waals surface area contributed by atoms with Crippen molar-refractivity contribution in [2.75, 3.05) is 0 Å². The van der Waals surface area contributed by atoms with Crippen LogP contribution in [0, 0.1) is 17.1 Å². The Hall–Kier alpha value is -1.34. The molecule has 0 aliphatic rings. The van der Waals surface area contributed by atoms with Crippen molar-refractivity contribution in [3.05, 3.63) is 51.0 Å². The summed E-state index contributed by atoms with van der Waals surface area (Å²) >= 11 is 17.9. The van der Waals surface area contributed by atoms with Gasteiger partial charge in [-0.15, -0.1) is 0 Å². The molecule has 0 aliphatic carbocycles. The Morgan fingerprint density at radius 1 is 1.16 bits per heavy atom. The molecule has 6 heteroatoms. The SMILES string of the molecule is N#CCc1ncc(F)cc1-c1ccc(Cl)c(Cl)c1Cl. The summed E-state index contributed by atoms with van der Waals surface area (Å²) in [6, 6.07) is 6.42. The third-order valence-corrected chi connectivity index (χ3v) is 3.80. The van der Waals surface area contributed by atoms with E-state index in [9.17, 15) is 4.39 Å². The molecule has 0 radical (unpaired) electrons. The minimum absolute atomic E-state index is 0.0478. The molecule has 2 aromatic rings. The first-order valence-electron chi connectivity index (χ1n) is 5.20. The number of hydrogen-bond acceptors (Lipinski definition) is 2. The van der Waals surface area contributed by atoms with Crippen molar-refractivity contribution in [2.45, 2.75) is 6.42 Å². The van der Waals surface area contributed by atoms with Gasteiger partial charge in [0.05, 0.1) is 39.4 Å². The zero-order valence-corrected chi connectivity index (χ0v) is 11.7. The molecule has 1 aromatic heterocycles. The molecule has 0 spiro atoms. The molecule has 1 heterocycles. The van der Waals surface area contributed by atoms with Gasteiger partial charge in [-0.05, 0) is 12.1 Å². The van der Waals surface area contributed by atoms with Gasteiger partial charge in [0.2, 0.25) is 0 Å². The minimum Gasteiger partial charge on any atom is -0.257 e. The Labute approximate surface area is 124 Å². The lowest BCUT2D eigenvalue weighted by atomic mass is 10.0. The molecular formula is C13H6Cl3FN2. The molecule has 0 unspecified atom stereocenters. The third-order valence-electron chi connectivity index (χ3n) is 2.51. The standard InChI is InChI=1S/C13H6Cl3FN2/c14-10-2-1-8(12(15)13(10)16)9-5-7(17)6-19-11(9)3-4-18/h1-2,5-6H,3H2. The van der Waals surface area contributed by atoms with E-state index in [4.69, 9.17) is 40.1 Å². The van der Waals surface area contributed by atoms with Crippen LogP contribution in [0.1, 0.15) is 5.69 Å². The molecular weight excluding hydrogens is 310 g/mol. The lowest BCUT2D eigenvalue weighted by Crippen LogP contribution is -1.95. The van der Waals surface area contributed by atoms with Gasteiger partial charge in [0, 0.05) is 11.1 Å². The summed E-state index contributed by atoms with van der Waals surface area (Å²) < 4.78 is 13.3. The van der Waals surface area contributed by atoms with Gasteiger partial charge in [-0.2, -0.15) is 5.26 Å². The van der Waals surface area contributed by atoms with Gasteiger partial charge in [0.25, 0.3) is 0 Å². The van der Waals surface area contributed by atoms with Crippen molar-refractivity contribution in [1.82, 2.24) is 4.98 Å². The van der Waals surface area contributed by atoms with Crippen molar-refractivity contribution in [3.8, 4) is 17.2 Å². The molecule has 0 atom stereocenters. The number of halogens is 4. The third kappa shape index (κ3) is 2.82. The number of hydrogen-bond donors (Lipinski definition) is 0. The van der Waals surface area contributed by atoms with E-state index in [1.807, 2.05) is 6.07 Å². The number of benzene rings is 1.